The van der Waals surface area contributed by atoms with Gasteiger partial charge in [0.15, 0.2) is 18.2 Å². The molecule has 3 heterocycles. The van der Waals surface area contributed by atoms with E-state index in [1.807, 2.05) is 71.8 Å². The Kier molecular flexibility index (Phi) is 6.51. The number of methoxy groups -OCH3 is 1. The molecule has 44 heavy (non-hydrogen) atoms. The van der Waals surface area contributed by atoms with Crippen LogP contribution in [-0.4, -0.2) is 42.1 Å². The molecule has 1 amide bonds. The van der Waals surface area contributed by atoms with Gasteiger partial charge in [0, 0.05) is 23.0 Å². The summed E-state index contributed by atoms with van der Waals surface area (Å²) < 4.78 is 10.7. The van der Waals surface area contributed by atoms with E-state index in [-0.39, 0.29) is 24.1 Å². The monoisotopic (exact) mass is 581 g/mol. The van der Waals surface area contributed by atoms with Crippen molar-refractivity contribution >= 4 is 29.2 Å². The molecular weight excluding hydrogens is 554 g/mol. The number of hydrogen-bond donors (Lipinski definition) is 1. The van der Waals surface area contributed by atoms with E-state index < -0.39 is 23.4 Å². The Hall–Kier alpha value is -5.68. The molecule has 1 fully saturated rings. The molecular formula is C36H27N3O5. The standard InChI is InChI=1S/C36H27N3O5/c1-43-25-14-10-24(11-15-25)33(41)31-30(32(40)23-12-16-26(17-13-23)44-21-19-37)36(28-8-4-5-9-29(28)38-35(36)42)34-27-7-3-2-6-22(27)18-20-39(31)34/h2-18,20,30-31,34H,21H2,1H3,(H,38,42). The van der Waals surface area contributed by atoms with E-state index in [9.17, 15) is 14.4 Å². The number of ether oxygens (including phenoxy) is 2. The maximum absolute atomic E-state index is 14.9. The highest BCUT2D eigenvalue weighted by Crippen LogP contribution is 2.62. The minimum absolute atomic E-state index is 0.128. The Morgan fingerprint density at radius 2 is 1.55 bits per heavy atom. The number of para-hydroxylation sites is 1. The summed E-state index contributed by atoms with van der Waals surface area (Å²) >= 11 is 0. The van der Waals surface area contributed by atoms with Crippen molar-refractivity contribution < 1.29 is 23.9 Å². The van der Waals surface area contributed by atoms with Gasteiger partial charge in [-0.15, -0.1) is 0 Å². The molecule has 0 aliphatic carbocycles. The van der Waals surface area contributed by atoms with E-state index in [0.29, 0.717) is 33.9 Å². The van der Waals surface area contributed by atoms with Gasteiger partial charge in [-0.05, 0) is 77.4 Å². The number of fused-ring (bicyclic) bond motifs is 6. The average Bonchev–Trinajstić information content (AvgIpc) is 3.55. The fraction of sp³-hybridized carbons (Fsp3) is 0.167. The third-order valence-electron chi connectivity index (χ3n) is 8.94. The van der Waals surface area contributed by atoms with Crippen molar-refractivity contribution in [2.24, 2.45) is 5.92 Å². The quantitative estimate of drug-likeness (QED) is 0.284. The van der Waals surface area contributed by atoms with Crippen molar-refractivity contribution in [2.75, 3.05) is 19.0 Å². The third-order valence-corrected chi connectivity index (χ3v) is 8.94. The molecule has 1 spiro atoms. The first-order chi connectivity index (χ1) is 21.5. The molecule has 216 valence electrons. The summed E-state index contributed by atoms with van der Waals surface area (Å²) in [5, 5.41) is 12.0. The number of carbonyl (C=O) groups excluding carboxylic acids is 3. The Morgan fingerprint density at radius 1 is 0.886 bits per heavy atom. The lowest BCUT2D eigenvalue weighted by molar-refractivity contribution is -0.122. The highest BCUT2D eigenvalue weighted by molar-refractivity contribution is 6.16. The zero-order chi connectivity index (χ0) is 30.4. The summed E-state index contributed by atoms with van der Waals surface area (Å²) in [6.07, 6.45) is 3.78. The van der Waals surface area contributed by atoms with E-state index in [1.165, 1.54) is 0 Å². The summed E-state index contributed by atoms with van der Waals surface area (Å²) in [4.78, 5) is 46.0. The number of nitrogens with one attached hydrogen (secondary N) is 1. The minimum Gasteiger partial charge on any atom is -0.497 e. The summed E-state index contributed by atoms with van der Waals surface area (Å²) in [5.41, 5.74) is 2.42. The van der Waals surface area contributed by atoms with Crippen molar-refractivity contribution in [1.29, 1.82) is 5.26 Å². The molecule has 0 saturated carbocycles. The molecule has 8 heteroatoms. The molecule has 3 aliphatic rings. The van der Waals surface area contributed by atoms with Crippen molar-refractivity contribution in [3.05, 3.63) is 131 Å². The number of rotatable bonds is 7. The maximum atomic E-state index is 14.9. The fourth-order valence-electron chi connectivity index (χ4n) is 7.10. The molecule has 4 unspecified atom stereocenters. The van der Waals surface area contributed by atoms with Gasteiger partial charge in [0.1, 0.15) is 29.0 Å². The molecule has 1 N–H and O–H groups in total. The second-order valence-corrected chi connectivity index (χ2v) is 11.0. The predicted molar refractivity (Wildman–Crippen MR) is 163 cm³/mol. The molecule has 4 atom stereocenters. The van der Waals surface area contributed by atoms with Crippen LogP contribution in [0.4, 0.5) is 5.69 Å². The minimum atomic E-state index is -1.42. The van der Waals surface area contributed by atoms with E-state index in [2.05, 4.69) is 5.32 Å². The lowest BCUT2D eigenvalue weighted by Gasteiger charge is -2.38. The van der Waals surface area contributed by atoms with Gasteiger partial charge in [0.05, 0.1) is 19.1 Å². The van der Waals surface area contributed by atoms with Crippen molar-refractivity contribution in [3.8, 4) is 17.6 Å². The van der Waals surface area contributed by atoms with Gasteiger partial charge < -0.3 is 19.7 Å². The summed E-state index contributed by atoms with van der Waals surface area (Å²) in [5.74, 6) is -0.986. The van der Waals surface area contributed by atoms with Crippen LogP contribution in [0, 0.1) is 17.2 Å². The molecule has 0 bridgehead atoms. The largest absolute Gasteiger partial charge is 0.497 e. The molecule has 4 aromatic rings. The number of anilines is 1. The smallest absolute Gasteiger partial charge is 0.238 e. The van der Waals surface area contributed by atoms with Crippen LogP contribution in [-0.2, 0) is 10.2 Å². The van der Waals surface area contributed by atoms with Gasteiger partial charge >= 0.3 is 0 Å². The van der Waals surface area contributed by atoms with Crippen molar-refractivity contribution in [3.63, 3.8) is 0 Å². The van der Waals surface area contributed by atoms with Crippen LogP contribution < -0.4 is 14.8 Å². The number of amides is 1. The molecule has 0 radical (unpaired) electrons. The first-order valence-corrected chi connectivity index (χ1v) is 14.3. The third kappa shape index (κ3) is 3.93. The van der Waals surface area contributed by atoms with Crippen LogP contribution in [0.5, 0.6) is 11.5 Å². The summed E-state index contributed by atoms with van der Waals surface area (Å²) in [6, 6.07) is 28.8. The normalized spacial score (nSPS) is 22.4. The second-order valence-electron chi connectivity index (χ2n) is 11.0. The Morgan fingerprint density at radius 3 is 2.27 bits per heavy atom. The average molecular weight is 582 g/mol. The predicted octanol–water partition coefficient (Wildman–Crippen LogP) is 5.58. The zero-order valence-electron chi connectivity index (χ0n) is 23.8. The molecule has 1 saturated heterocycles. The van der Waals surface area contributed by atoms with Crippen LogP contribution >= 0.6 is 0 Å². The number of ketones is 2. The SMILES string of the molecule is COc1ccc(C(=O)C2C(C(=O)c3ccc(OCC#N)cc3)C3(C(=O)Nc4ccccc43)C3c4ccccc4C=CN23)cc1. The van der Waals surface area contributed by atoms with Gasteiger partial charge in [-0.2, -0.15) is 5.26 Å². The number of benzene rings is 4. The van der Waals surface area contributed by atoms with Gasteiger partial charge in [-0.3, -0.25) is 14.4 Å². The molecule has 3 aliphatic heterocycles. The Labute approximate surface area is 254 Å². The van der Waals surface area contributed by atoms with E-state index >= 15 is 0 Å². The van der Waals surface area contributed by atoms with Crippen LogP contribution in [0.15, 0.2) is 103 Å². The van der Waals surface area contributed by atoms with Crippen molar-refractivity contribution in [1.82, 2.24) is 4.90 Å². The Bertz CT molecular complexity index is 1880. The second kappa shape index (κ2) is 10.5. The van der Waals surface area contributed by atoms with Crippen molar-refractivity contribution in [2.45, 2.75) is 17.5 Å². The van der Waals surface area contributed by atoms with Crippen LogP contribution in [0.25, 0.3) is 6.08 Å². The van der Waals surface area contributed by atoms with Gasteiger partial charge in [0.25, 0.3) is 0 Å². The lowest BCUT2D eigenvalue weighted by atomic mass is 9.62. The number of hydrogen-bond acceptors (Lipinski definition) is 7. The first kappa shape index (κ1) is 27.2. The van der Waals surface area contributed by atoms with Gasteiger partial charge in [-0.1, -0.05) is 42.5 Å². The van der Waals surface area contributed by atoms with Crippen LogP contribution in [0.2, 0.25) is 0 Å². The number of nitrogens with zero attached hydrogens (tertiary/aromatic N) is 2. The lowest BCUT2D eigenvalue weighted by Crippen LogP contribution is -2.49. The topological polar surface area (TPSA) is 109 Å². The highest BCUT2D eigenvalue weighted by atomic mass is 16.5. The highest BCUT2D eigenvalue weighted by Gasteiger charge is 2.70. The van der Waals surface area contributed by atoms with Gasteiger partial charge in [0.2, 0.25) is 5.91 Å². The fourth-order valence-corrected chi connectivity index (χ4v) is 7.10. The molecule has 4 aromatic carbocycles. The maximum Gasteiger partial charge on any atom is 0.238 e. The van der Waals surface area contributed by atoms with Crippen LogP contribution in [0.3, 0.4) is 0 Å². The Balaban J connectivity index is 1.46. The molecule has 8 nitrogen and oxygen atoms in total. The number of nitriles is 1. The summed E-state index contributed by atoms with van der Waals surface area (Å²) in [6.45, 7) is -0.128. The zero-order valence-corrected chi connectivity index (χ0v) is 23.8. The van der Waals surface area contributed by atoms with E-state index in [0.717, 1.165) is 11.1 Å². The van der Waals surface area contributed by atoms with E-state index in [4.69, 9.17) is 14.7 Å². The van der Waals surface area contributed by atoms with Crippen LogP contribution in [0.1, 0.15) is 43.4 Å². The summed E-state index contributed by atoms with van der Waals surface area (Å²) in [7, 11) is 1.56. The number of Topliss-reactive ketones (excluding diaryl/α,β-unsaturated/α-hetero) is 2. The first-order valence-electron chi connectivity index (χ1n) is 14.3. The van der Waals surface area contributed by atoms with Gasteiger partial charge in [-0.25, -0.2) is 0 Å². The molecule has 0 aromatic heterocycles. The molecule has 7 rings (SSSR count). The number of carbonyl (C=O) groups is 3. The van der Waals surface area contributed by atoms with E-state index in [1.54, 1.807) is 55.6 Å².